The van der Waals surface area contributed by atoms with Crippen LogP contribution in [0.4, 0.5) is 10.5 Å². The van der Waals surface area contributed by atoms with Gasteiger partial charge >= 0.3 is 0 Å². The largest absolute Gasteiger partial charge is 1.00 e. The quantitative estimate of drug-likeness (QED) is 0.615. The Bertz CT molecular complexity index is 429. The number of phenolic OH excluding ortho intramolecular Hbond substituents is 1. The Balaban J connectivity index is 0.000000495. The van der Waals surface area contributed by atoms with Gasteiger partial charge in [-0.05, 0) is 31.4 Å². The van der Waals surface area contributed by atoms with Crippen LogP contribution in [-0.4, -0.2) is 50.3 Å². The summed E-state index contributed by atoms with van der Waals surface area (Å²) in [7, 11) is 5.11. The first-order chi connectivity index (χ1) is 9.35. The second-order valence-electron chi connectivity index (χ2n) is 5.58. The number of quaternary nitrogens is 1. The molecule has 0 spiro atoms. The van der Waals surface area contributed by atoms with E-state index in [0.29, 0.717) is 5.75 Å². The molecule has 21 heavy (non-hydrogen) atoms. The average Bonchev–Trinajstić information content (AvgIpc) is 2.40. The lowest BCUT2D eigenvalue weighted by Crippen LogP contribution is -3.00. The molecule has 1 N–H and O–H groups in total. The van der Waals surface area contributed by atoms with Crippen LogP contribution >= 0.6 is 0 Å². The molecule has 2 rings (SSSR count). The zero-order valence-corrected chi connectivity index (χ0v) is 14.5. The Morgan fingerprint density at radius 3 is 1.95 bits per heavy atom. The van der Waals surface area contributed by atoms with E-state index in [-0.39, 0.29) is 17.0 Å². The number of amides is 1. The van der Waals surface area contributed by atoms with Gasteiger partial charge in [-0.3, -0.25) is 4.48 Å². The zero-order chi connectivity index (χ0) is 15.2. The van der Waals surface area contributed by atoms with E-state index in [1.165, 1.54) is 52.1 Å². The molecular formula is C15H24BrN2O3-. The molecule has 0 atom stereocenters. The number of benzene rings is 1. The number of hydrogen-bond donors (Lipinski definition) is 1. The summed E-state index contributed by atoms with van der Waals surface area (Å²) in [4.78, 5) is 10.5. The Labute approximate surface area is 137 Å². The van der Waals surface area contributed by atoms with E-state index in [1.54, 1.807) is 12.1 Å². The molecule has 0 aliphatic carbocycles. The molecule has 0 aromatic heterocycles. The van der Waals surface area contributed by atoms with Gasteiger partial charge in [-0.2, -0.15) is 0 Å². The summed E-state index contributed by atoms with van der Waals surface area (Å²) in [5.74, 6) is 0.359. The summed E-state index contributed by atoms with van der Waals surface area (Å²) in [6, 6.07) is 7.65. The van der Waals surface area contributed by atoms with Crippen LogP contribution in [0.1, 0.15) is 19.3 Å². The summed E-state index contributed by atoms with van der Waals surface area (Å²) < 4.78 is 1.03. The monoisotopic (exact) mass is 359 g/mol. The van der Waals surface area contributed by atoms with Gasteiger partial charge in [0.2, 0.25) is 0 Å². The van der Waals surface area contributed by atoms with Gasteiger partial charge in [0.1, 0.15) is 17.5 Å². The minimum Gasteiger partial charge on any atom is -1.00 e. The molecule has 1 heterocycles. The molecule has 0 radical (unpaired) electrons. The summed E-state index contributed by atoms with van der Waals surface area (Å²) in [6.45, 7) is 2.45. The number of nitrogens with zero attached hydrogens (tertiary/aromatic N) is 2. The fourth-order valence-electron chi connectivity index (χ4n) is 2.28. The molecule has 0 bridgehead atoms. The van der Waals surface area contributed by atoms with Gasteiger partial charge in [0.05, 0.1) is 20.1 Å². The fourth-order valence-corrected chi connectivity index (χ4v) is 2.28. The van der Waals surface area contributed by atoms with Crippen LogP contribution in [0.15, 0.2) is 24.3 Å². The number of aromatic hydroxyl groups is 1. The lowest BCUT2D eigenvalue weighted by atomic mass is 10.1. The topological polar surface area (TPSA) is 63.6 Å². The molecule has 1 amide bonds. The van der Waals surface area contributed by atoms with Crippen molar-refractivity contribution in [2.75, 3.05) is 34.2 Å². The summed E-state index contributed by atoms with van der Waals surface area (Å²) in [6.07, 6.45) is 2.84. The first-order valence-electron chi connectivity index (χ1n) is 6.87. The van der Waals surface area contributed by atoms with Crippen molar-refractivity contribution < 1.29 is 32.0 Å². The van der Waals surface area contributed by atoms with Crippen LogP contribution < -0.4 is 26.6 Å². The van der Waals surface area contributed by atoms with Crippen LogP contribution in [0, 0.1) is 0 Å². The van der Waals surface area contributed by atoms with Crippen molar-refractivity contribution in [3.63, 3.8) is 0 Å². The van der Waals surface area contributed by atoms with E-state index in [0.717, 1.165) is 9.38 Å². The number of carboxylic acid groups (broad SMARTS) is 1. The first-order valence-corrected chi connectivity index (χ1v) is 6.87. The minimum atomic E-state index is -1.16. The van der Waals surface area contributed by atoms with Gasteiger partial charge in [-0.1, -0.05) is 0 Å². The Kier molecular flexibility index (Phi) is 8.36. The Morgan fingerprint density at radius 1 is 1.14 bits per heavy atom. The third kappa shape index (κ3) is 6.35. The Morgan fingerprint density at radius 2 is 1.57 bits per heavy atom. The van der Waals surface area contributed by atoms with Gasteiger partial charge in [0, 0.05) is 26.2 Å². The molecule has 1 aromatic carbocycles. The highest BCUT2D eigenvalue weighted by Crippen LogP contribution is 2.27. The number of halogens is 1. The van der Waals surface area contributed by atoms with Gasteiger partial charge in [-0.15, -0.1) is 0 Å². The second kappa shape index (κ2) is 8.89. The molecule has 6 heteroatoms. The molecule has 0 unspecified atom stereocenters. The van der Waals surface area contributed by atoms with Crippen molar-refractivity contribution in [3.8, 4) is 5.75 Å². The van der Waals surface area contributed by atoms with Crippen LogP contribution in [0.3, 0.4) is 0 Å². The predicted molar refractivity (Wildman–Crippen MR) is 78.5 cm³/mol. The number of likely N-dealkylation sites (tertiary alicyclic amines) is 1. The number of hydrogen-bond acceptors (Lipinski definition) is 3. The maximum Gasteiger partial charge on any atom is 0.136 e. The van der Waals surface area contributed by atoms with Crippen LogP contribution in [0.5, 0.6) is 5.75 Å². The maximum atomic E-state index is 9.51. The molecule has 5 nitrogen and oxygen atoms in total. The molecule has 1 saturated heterocycles. The molecule has 120 valence electrons. The summed E-state index contributed by atoms with van der Waals surface area (Å²) in [5, 5.41) is 18.7. The van der Waals surface area contributed by atoms with Crippen molar-refractivity contribution >= 4 is 11.8 Å². The van der Waals surface area contributed by atoms with Crippen LogP contribution in [0.25, 0.3) is 0 Å². The highest BCUT2D eigenvalue weighted by molar-refractivity contribution is 5.61. The van der Waals surface area contributed by atoms with Crippen LogP contribution in [-0.2, 0) is 0 Å². The smallest absolute Gasteiger partial charge is 0.136 e. The van der Waals surface area contributed by atoms with E-state index in [1.807, 2.05) is 12.1 Å². The van der Waals surface area contributed by atoms with Crippen molar-refractivity contribution in [2.45, 2.75) is 19.3 Å². The standard InChI is InChI=1S/C12H17NO.C3H7NO2.BrH/c1-13(9-3-2-4-10-13)11-5-7-12(14)8-6-11;1-4(2)3(5)6;/h5-8H,2-4,9-10H2,1H3;1-2H3,(H,5,6);1H/p-1. The third-order valence-corrected chi connectivity index (χ3v) is 3.64. The zero-order valence-electron chi connectivity index (χ0n) is 12.9. The van der Waals surface area contributed by atoms with Gasteiger partial charge in [0.15, 0.2) is 0 Å². The highest BCUT2D eigenvalue weighted by Gasteiger charge is 2.26. The van der Waals surface area contributed by atoms with Gasteiger partial charge in [0.25, 0.3) is 0 Å². The summed E-state index contributed by atoms with van der Waals surface area (Å²) in [5.41, 5.74) is 1.32. The number of rotatable bonds is 1. The highest BCUT2D eigenvalue weighted by atomic mass is 79.9. The minimum absolute atomic E-state index is 0. The molecule has 0 saturated carbocycles. The fraction of sp³-hybridized carbons (Fsp3) is 0.533. The third-order valence-electron chi connectivity index (χ3n) is 3.64. The molecular weight excluding hydrogens is 336 g/mol. The van der Waals surface area contributed by atoms with Gasteiger partial charge in [-0.25, -0.2) is 0 Å². The average molecular weight is 360 g/mol. The number of carbonyl (C=O) groups is 1. The first kappa shape index (κ1) is 19.7. The van der Waals surface area contributed by atoms with Crippen molar-refractivity contribution in [1.82, 2.24) is 9.38 Å². The van der Waals surface area contributed by atoms with Crippen LogP contribution in [0.2, 0.25) is 0 Å². The van der Waals surface area contributed by atoms with E-state index in [9.17, 15) is 15.0 Å². The normalized spacial score (nSPS) is 16.0. The summed E-state index contributed by atoms with van der Waals surface area (Å²) >= 11 is 0. The molecule has 1 fully saturated rings. The predicted octanol–water partition coefficient (Wildman–Crippen LogP) is -1.59. The van der Waals surface area contributed by atoms with Crippen molar-refractivity contribution in [2.24, 2.45) is 0 Å². The molecule has 1 aromatic rings. The van der Waals surface area contributed by atoms with Crippen molar-refractivity contribution in [3.05, 3.63) is 24.3 Å². The molecule has 1 aliphatic rings. The lowest BCUT2D eigenvalue weighted by Gasteiger charge is -2.37. The SMILES string of the molecule is CN(C)C(=O)[O-].C[N+]1(c2ccc(O)cc2)CCCCC1.[Br-]. The van der Waals surface area contributed by atoms with Gasteiger partial charge < -0.3 is 36.9 Å². The van der Waals surface area contributed by atoms with E-state index in [4.69, 9.17) is 0 Å². The number of piperidine rings is 1. The van der Waals surface area contributed by atoms with Crippen molar-refractivity contribution in [1.29, 1.82) is 0 Å². The molecule has 1 aliphatic heterocycles. The van der Waals surface area contributed by atoms with E-state index in [2.05, 4.69) is 7.05 Å². The second-order valence-corrected chi connectivity index (χ2v) is 5.58. The number of carbonyl (C=O) groups excluding carboxylic acids is 1. The van der Waals surface area contributed by atoms with E-state index < -0.39 is 6.09 Å². The number of phenols is 1. The lowest BCUT2D eigenvalue weighted by molar-refractivity contribution is -0.262. The maximum absolute atomic E-state index is 9.51. The Hall–Kier alpha value is -1.27. The van der Waals surface area contributed by atoms with E-state index >= 15 is 0 Å².